The number of hydrogen-bond donors (Lipinski definition) is 1. The zero-order chi connectivity index (χ0) is 21.5. The minimum Gasteiger partial charge on any atom is -0.350 e. The van der Waals surface area contributed by atoms with E-state index in [2.05, 4.69) is 22.1 Å². The number of carbonyl (C=O) groups excluding carboxylic acids is 1. The minimum atomic E-state index is -0.0429. The predicted molar refractivity (Wildman–Crippen MR) is 124 cm³/mol. The van der Waals surface area contributed by atoms with Crippen LogP contribution in [0.1, 0.15) is 36.2 Å². The first-order valence-electron chi connectivity index (χ1n) is 9.85. The van der Waals surface area contributed by atoms with Crippen LogP contribution < -0.4 is 5.32 Å². The highest BCUT2D eigenvalue weighted by Gasteiger charge is 2.16. The van der Waals surface area contributed by atoms with Crippen LogP contribution in [0.2, 0.25) is 5.02 Å². The Balaban J connectivity index is 1.72. The number of aromatic nitrogens is 3. The summed E-state index contributed by atoms with van der Waals surface area (Å²) in [5, 5.41) is 13.1. The number of rotatable bonds is 9. The molecule has 1 aromatic heterocycles. The molecule has 7 heteroatoms. The highest BCUT2D eigenvalue weighted by Crippen LogP contribution is 2.30. The van der Waals surface area contributed by atoms with Gasteiger partial charge in [-0.2, -0.15) is 0 Å². The van der Waals surface area contributed by atoms with E-state index in [1.807, 2.05) is 73.0 Å². The highest BCUT2D eigenvalue weighted by molar-refractivity contribution is 7.98. The second-order valence-corrected chi connectivity index (χ2v) is 8.30. The maximum absolute atomic E-state index is 12.2. The average molecular weight is 441 g/mol. The van der Waals surface area contributed by atoms with Crippen molar-refractivity contribution in [2.75, 3.05) is 0 Å². The third kappa shape index (κ3) is 5.32. The van der Waals surface area contributed by atoms with Crippen molar-refractivity contribution in [1.29, 1.82) is 0 Å². The third-order valence-corrected chi connectivity index (χ3v) is 6.08. The van der Waals surface area contributed by atoms with Gasteiger partial charge < -0.3 is 5.32 Å². The first-order chi connectivity index (χ1) is 14.5. The van der Waals surface area contributed by atoms with Gasteiger partial charge in [0.05, 0.1) is 5.02 Å². The molecule has 1 N–H and O–H groups in total. The van der Waals surface area contributed by atoms with E-state index >= 15 is 0 Å². The highest BCUT2D eigenvalue weighted by atomic mass is 35.5. The smallest absolute Gasteiger partial charge is 0.251 e. The topological polar surface area (TPSA) is 59.8 Å². The number of halogens is 1. The Hall–Kier alpha value is -2.57. The van der Waals surface area contributed by atoms with Crippen molar-refractivity contribution < 1.29 is 4.79 Å². The van der Waals surface area contributed by atoms with Crippen LogP contribution in [-0.2, 0) is 12.3 Å². The molecular weight excluding hydrogens is 416 g/mol. The van der Waals surface area contributed by atoms with E-state index in [4.69, 9.17) is 11.6 Å². The van der Waals surface area contributed by atoms with Crippen LogP contribution in [0.25, 0.3) is 11.4 Å². The van der Waals surface area contributed by atoms with E-state index in [-0.39, 0.29) is 11.9 Å². The van der Waals surface area contributed by atoms with Gasteiger partial charge in [-0.05, 0) is 43.2 Å². The standard InChI is InChI=1S/C23H25ClN4OS/c1-4-14-28-21(19-8-6-7-9-20(19)24)26-27-23(28)30-15-17-10-12-18(13-11-17)22(29)25-16(3)5-2/h4,6-13,16H,1,5,14-15H2,2-3H3,(H,25,29)/t16-/m1/s1. The first-order valence-corrected chi connectivity index (χ1v) is 11.2. The van der Waals surface area contributed by atoms with Gasteiger partial charge in [-0.3, -0.25) is 9.36 Å². The lowest BCUT2D eigenvalue weighted by molar-refractivity contribution is 0.0939. The SMILES string of the molecule is C=CCn1c(SCc2ccc(C(=O)N[C@H](C)CC)cc2)nnc1-c1ccccc1Cl. The molecule has 5 nitrogen and oxygen atoms in total. The summed E-state index contributed by atoms with van der Waals surface area (Å²) in [5.41, 5.74) is 2.62. The molecule has 0 saturated heterocycles. The van der Waals surface area contributed by atoms with Gasteiger partial charge in [0.15, 0.2) is 11.0 Å². The molecule has 0 saturated carbocycles. The largest absolute Gasteiger partial charge is 0.350 e. The lowest BCUT2D eigenvalue weighted by Gasteiger charge is -2.11. The second kappa shape index (κ2) is 10.5. The maximum atomic E-state index is 12.2. The quantitative estimate of drug-likeness (QED) is 0.347. The van der Waals surface area contributed by atoms with E-state index < -0.39 is 0 Å². The zero-order valence-electron chi connectivity index (χ0n) is 17.1. The summed E-state index contributed by atoms with van der Waals surface area (Å²) in [6.07, 6.45) is 2.72. The summed E-state index contributed by atoms with van der Waals surface area (Å²) in [6, 6.07) is 15.4. The molecule has 0 aliphatic carbocycles. The van der Waals surface area contributed by atoms with Gasteiger partial charge in [0.2, 0.25) is 0 Å². The number of nitrogens with zero attached hydrogens (tertiary/aromatic N) is 3. The van der Waals surface area contributed by atoms with E-state index in [0.29, 0.717) is 22.9 Å². The average Bonchev–Trinajstić information content (AvgIpc) is 3.15. The Morgan fingerprint density at radius 2 is 1.97 bits per heavy atom. The van der Waals surface area contributed by atoms with E-state index in [9.17, 15) is 4.79 Å². The van der Waals surface area contributed by atoms with Crippen molar-refractivity contribution in [2.45, 2.75) is 43.8 Å². The molecule has 30 heavy (non-hydrogen) atoms. The first kappa shape index (κ1) is 22.1. The van der Waals surface area contributed by atoms with Crippen molar-refractivity contribution in [2.24, 2.45) is 0 Å². The van der Waals surface area contributed by atoms with Gasteiger partial charge in [0, 0.05) is 29.5 Å². The number of carbonyl (C=O) groups is 1. The number of allylic oxidation sites excluding steroid dienone is 1. The lowest BCUT2D eigenvalue weighted by atomic mass is 10.1. The fraction of sp³-hybridized carbons (Fsp3) is 0.261. The molecule has 0 fully saturated rings. The summed E-state index contributed by atoms with van der Waals surface area (Å²) in [4.78, 5) is 12.2. The van der Waals surface area contributed by atoms with Crippen molar-refractivity contribution in [1.82, 2.24) is 20.1 Å². The van der Waals surface area contributed by atoms with Crippen LogP contribution in [0.4, 0.5) is 0 Å². The Bertz CT molecular complexity index is 1020. The molecule has 0 unspecified atom stereocenters. The molecule has 0 aliphatic heterocycles. The minimum absolute atomic E-state index is 0.0429. The third-order valence-electron chi connectivity index (χ3n) is 4.72. The molecule has 156 valence electrons. The summed E-state index contributed by atoms with van der Waals surface area (Å²) in [6.45, 7) is 8.48. The van der Waals surface area contributed by atoms with Crippen molar-refractivity contribution >= 4 is 29.3 Å². The monoisotopic (exact) mass is 440 g/mol. The number of hydrogen-bond acceptors (Lipinski definition) is 4. The number of thioether (sulfide) groups is 1. The fourth-order valence-corrected chi connectivity index (χ4v) is 3.96. The van der Waals surface area contributed by atoms with Gasteiger partial charge in [-0.1, -0.05) is 60.6 Å². The van der Waals surface area contributed by atoms with Crippen LogP contribution in [-0.4, -0.2) is 26.7 Å². The summed E-state index contributed by atoms with van der Waals surface area (Å²) >= 11 is 7.94. The van der Waals surface area contributed by atoms with Gasteiger partial charge in [0.25, 0.3) is 5.91 Å². The molecule has 1 heterocycles. The molecule has 3 rings (SSSR count). The normalized spacial score (nSPS) is 11.8. The van der Waals surface area contributed by atoms with Crippen LogP contribution in [0.15, 0.2) is 66.3 Å². The maximum Gasteiger partial charge on any atom is 0.251 e. The van der Waals surface area contributed by atoms with E-state index in [0.717, 1.165) is 28.5 Å². The van der Waals surface area contributed by atoms with Crippen molar-refractivity contribution in [3.63, 3.8) is 0 Å². The van der Waals surface area contributed by atoms with Crippen LogP contribution >= 0.6 is 23.4 Å². The van der Waals surface area contributed by atoms with E-state index in [1.54, 1.807) is 11.8 Å². The Labute approximate surface area is 186 Å². The van der Waals surface area contributed by atoms with Crippen molar-refractivity contribution in [3.8, 4) is 11.4 Å². The van der Waals surface area contributed by atoms with Crippen molar-refractivity contribution in [3.05, 3.63) is 77.3 Å². The summed E-state index contributed by atoms with van der Waals surface area (Å²) < 4.78 is 2.01. The second-order valence-electron chi connectivity index (χ2n) is 6.95. The van der Waals surface area contributed by atoms with Crippen LogP contribution in [0, 0.1) is 0 Å². The Morgan fingerprint density at radius 3 is 2.63 bits per heavy atom. The van der Waals surface area contributed by atoms with Gasteiger partial charge in [-0.25, -0.2) is 0 Å². The molecule has 3 aromatic rings. The molecular formula is C23H25ClN4OS. The molecule has 2 aromatic carbocycles. The van der Waals surface area contributed by atoms with Crippen LogP contribution in [0.3, 0.4) is 0 Å². The number of amides is 1. The fourth-order valence-electron chi connectivity index (χ4n) is 2.84. The van der Waals surface area contributed by atoms with Gasteiger partial charge in [0.1, 0.15) is 0 Å². The van der Waals surface area contributed by atoms with Gasteiger partial charge in [-0.15, -0.1) is 16.8 Å². The Morgan fingerprint density at radius 1 is 1.23 bits per heavy atom. The molecule has 0 spiro atoms. The van der Waals surface area contributed by atoms with Crippen LogP contribution in [0.5, 0.6) is 0 Å². The molecule has 1 atom stereocenters. The number of benzene rings is 2. The van der Waals surface area contributed by atoms with E-state index in [1.165, 1.54) is 0 Å². The zero-order valence-corrected chi connectivity index (χ0v) is 18.7. The molecule has 0 bridgehead atoms. The summed E-state index contributed by atoms with van der Waals surface area (Å²) in [7, 11) is 0. The molecule has 0 radical (unpaired) electrons. The number of nitrogens with one attached hydrogen (secondary N) is 1. The predicted octanol–water partition coefficient (Wildman–Crippen LogP) is 5.61. The molecule has 0 aliphatic rings. The summed E-state index contributed by atoms with van der Waals surface area (Å²) in [5.74, 6) is 1.39. The molecule has 1 amide bonds. The Kier molecular flexibility index (Phi) is 7.71. The lowest BCUT2D eigenvalue weighted by Crippen LogP contribution is -2.31. The van der Waals surface area contributed by atoms with Gasteiger partial charge >= 0.3 is 0 Å².